The van der Waals surface area contributed by atoms with E-state index in [0.29, 0.717) is 5.95 Å². The van der Waals surface area contributed by atoms with E-state index in [4.69, 9.17) is 4.74 Å². The summed E-state index contributed by atoms with van der Waals surface area (Å²) in [7, 11) is 0. The molecule has 0 saturated carbocycles. The van der Waals surface area contributed by atoms with E-state index >= 15 is 0 Å². The number of morpholine rings is 1. The first-order chi connectivity index (χ1) is 12.8. The van der Waals surface area contributed by atoms with Gasteiger partial charge in [0.2, 0.25) is 5.95 Å². The number of aryl methyl sites for hydroxylation is 1. The summed E-state index contributed by atoms with van der Waals surface area (Å²) >= 11 is 0. The number of hydrogen-bond acceptors (Lipinski definition) is 6. The number of imidazole rings is 1. The van der Waals surface area contributed by atoms with E-state index in [1.807, 2.05) is 48.0 Å². The number of anilines is 1. The van der Waals surface area contributed by atoms with Crippen molar-refractivity contribution in [1.82, 2.24) is 24.5 Å². The van der Waals surface area contributed by atoms with Crippen molar-refractivity contribution in [2.45, 2.75) is 13.3 Å². The Morgan fingerprint density at radius 3 is 2.77 bits per heavy atom. The van der Waals surface area contributed by atoms with Gasteiger partial charge in [-0.15, -0.1) is 5.10 Å². The summed E-state index contributed by atoms with van der Waals surface area (Å²) in [6.07, 6.45) is 2.89. The number of benzene rings is 1. The quantitative estimate of drug-likeness (QED) is 0.686. The van der Waals surface area contributed by atoms with Crippen LogP contribution >= 0.6 is 0 Å². The average molecular weight is 352 g/mol. The second-order valence-electron chi connectivity index (χ2n) is 6.50. The van der Waals surface area contributed by atoms with Gasteiger partial charge in [-0.05, 0) is 19.9 Å². The molecule has 1 aliphatic rings. The van der Waals surface area contributed by atoms with Gasteiger partial charge in [0.15, 0.2) is 5.82 Å². The van der Waals surface area contributed by atoms with Crippen LogP contribution in [0.2, 0.25) is 0 Å². The largest absolute Gasteiger partial charge is 0.379 e. The van der Waals surface area contributed by atoms with E-state index < -0.39 is 0 Å². The Morgan fingerprint density at radius 1 is 1.15 bits per heavy atom. The molecule has 0 radical (unpaired) electrons. The average Bonchev–Trinajstić information content (AvgIpc) is 3.03. The molecule has 1 saturated heterocycles. The highest BCUT2D eigenvalue weighted by molar-refractivity contribution is 5.64. The van der Waals surface area contributed by atoms with Crippen LogP contribution in [0.15, 0.2) is 36.5 Å². The van der Waals surface area contributed by atoms with Crippen molar-refractivity contribution in [2.75, 3.05) is 44.7 Å². The first-order valence-electron chi connectivity index (χ1n) is 9.13. The van der Waals surface area contributed by atoms with Gasteiger partial charge in [0.1, 0.15) is 5.52 Å². The van der Waals surface area contributed by atoms with Gasteiger partial charge in [-0.3, -0.25) is 4.90 Å². The van der Waals surface area contributed by atoms with E-state index in [1.165, 1.54) is 0 Å². The van der Waals surface area contributed by atoms with Gasteiger partial charge in [0.05, 0.1) is 25.1 Å². The minimum atomic E-state index is 0.633. The van der Waals surface area contributed by atoms with Crippen LogP contribution in [-0.4, -0.2) is 63.9 Å². The second-order valence-corrected chi connectivity index (χ2v) is 6.50. The highest BCUT2D eigenvalue weighted by atomic mass is 16.5. The highest BCUT2D eigenvalue weighted by Crippen LogP contribution is 2.21. The third-order valence-corrected chi connectivity index (χ3v) is 4.65. The van der Waals surface area contributed by atoms with Crippen LogP contribution in [0.25, 0.3) is 16.9 Å². The Hall–Kier alpha value is -2.51. The normalized spacial score (nSPS) is 15.4. The fraction of sp³-hybridized carbons (Fsp3) is 0.421. The first-order valence-corrected chi connectivity index (χ1v) is 9.13. The SMILES string of the molecule is Cc1nc(-c2ccccc2)n2nc(NCCCN3CCOCC3)ncc12. The van der Waals surface area contributed by atoms with Crippen molar-refractivity contribution in [2.24, 2.45) is 0 Å². The zero-order chi connectivity index (χ0) is 17.8. The lowest BCUT2D eigenvalue weighted by Crippen LogP contribution is -2.37. The minimum Gasteiger partial charge on any atom is -0.379 e. The lowest BCUT2D eigenvalue weighted by Gasteiger charge is -2.26. The lowest BCUT2D eigenvalue weighted by atomic mass is 10.2. The summed E-state index contributed by atoms with van der Waals surface area (Å²) in [5.74, 6) is 1.48. The molecular weight excluding hydrogens is 328 g/mol. The summed E-state index contributed by atoms with van der Waals surface area (Å²) in [6.45, 7) is 7.63. The molecule has 3 aromatic rings. The number of ether oxygens (including phenoxy) is 1. The predicted molar refractivity (Wildman–Crippen MR) is 101 cm³/mol. The van der Waals surface area contributed by atoms with Crippen LogP contribution in [-0.2, 0) is 4.74 Å². The molecule has 1 aromatic carbocycles. The predicted octanol–water partition coefficient (Wildman–Crippen LogP) is 2.23. The molecule has 1 fully saturated rings. The van der Waals surface area contributed by atoms with Gasteiger partial charge >= 0.3 is 0 Å². The number of hydrogen-bond donors (Lipinski definition) is 1. The fourth-order valence-corrected chi connectivity index (χ4v) is 3.21. The van der Waals surface area contributed by atoms with Crippen molar-refractivity contribution in [3.05, 3.63) is 42.2 Å². The van der Waals surface area contributed by atoms with Crippen LogP contribution < -0.4 is 5.32 Å². The second kappa shape index (κ2) is 7.80. The molecule has 0 amide bonds. The summed E-state index contributed by atoms with van der Waals surface area (Å²) in [4.78, 5) is 11.5. The topological polar surface area (TPSA) is 67.6 Å². The van der Waals surface area contributed by atoms with Crippen LogP contribution in [0.4, 0.5) is 5.95 Å². The maximum Gasteiger partial charge on any atom is 0.241 e. The Balaban J connectivity index is 1.45. The van der Waals surface area contributed by atoms with Crippen LogP contribution in [0.5, 0.6) is 0 Å². The fourth-order valence-electron chi connectivity index (χ4n) is 3.21. The molecule has 0 aliphatic carbocycles. The summed E-state index contributed by atoms with van der Waals surface area (Å²) in [5, 5.41) is 7.99. The van der Waals surface area contributed by atoms with Crippen molar-refractivity contribution in [1.29, 1.82) is 0 Å². The zero-order valence-electron chi connectivity index (χ0n) is 15.1. The van der Waals surface area contributed by atoms with Gasteiger partial charge in [0, 0.05) is 25.2 Å². The number of nitrogens with zero attached hydrogens (tertiary/aromatic N) is 5. The Labute approximate surface area is 153 Å². The molecule has 1 aliphatic heterocycles. The molecule has 1 N–H and O–H groups in total. The minimum absolute atomic E-state index is 0.633. The number of aromatic nitrogens is 4. The van der Waals surface area contributed by atoms with Gasteiger partial charge in [-0.2, -0.15) is 0 Å². The molecule has 7 nitrogen and oxygen atoms in total. The third-order valence-electron chi connectivity index (χ3n) is 4.65. The zero-order valence-corrected chi connectivity index (χ0v) is 15.1. The molecule has 2 aromatic heterocycles. The Bertz CT molecular complexity index is 857. The third kappa shape index (κ3) is 3.68. The van der Waals surface area contributed by atoms with Crippen LogP contribution in [0.1, 0.15) is 12.1 Å². The van der Waals surface area contributed by atoms with Gasteiger partial charge in [-0.1, -0.05) is 30.3 Å². The lowest BCUT2D eigenvalue weighted by molar-refractivity contribution is 0.0378. The van der Waals surface area contributed by atoms with Crippen molar-refractivity contribution >= 4 is 11.5 Å². The van der Waals surface area contributed by atoms with Crippen LogP contribution in [0, 0.1) is 6.92 Å². The number of rotatable bonds is 6. The van der Waals surface area contributed by atoms with Crippen molar-refractivity contribution in [3.8, 4) is 11.4 Å². The van der Waals surface area contributed by atoms with Gasteiger partial charge in [-0.25, -0.2) is 14.5 Å². The van der Waals surface area contributed by atoms with E-state index in [1.54, 1.807) is 0 Å². The summed E-state index contributed by atoms with van der Waals surface area (Å²) in [6, 6.07) is 10.1. The van der Waals surface area contributed by atoms with Crippen molar-refractivity contribution < 1.29 is 4.74 Å². The summed E-state index contributed by atoms with van der Waals surface area (Å²) in [5.41, 5.74) is 2.91. The number of fused-ring (bicyclic) bond motifs is 1. The molecule has 4 rings (SSSR count). The van der Waals surface area contributed by atoms with E-state index in [0.717, 1.165) is 68.4 Å². The Morgan fingerprint density at radius 2 is 1.96 bits per heavy atom. The molecule has 3 heterocycles. The molecule has 26 heavy (non-hydrogen) atoms. The monoisotopic (exact) mass is 352 g/mol. The molecule has 136 valence electrons. The molecular formula is C19H24N6O. The van der Waals surface area contributed by atoms with Gasteiger partial charge < -0.3 is 10.1 Å². The molecule has 0 atom stereocenters. The number of nitrogens with one attached hydrogen (secondary N) is 1. The van der Waals surface area contributed by atoms with E-state index in [2.05, 4.69) is 25.3 Å². The first kappa shape index (κ1) is 16.9. The van der Waals surface area contributed by atoms with Crippen molar-refractivity contribution in [3.63, 3.8) is 0 Å². The maximum atomic E-state index is 5.38. The molecule has 0 unspecified atom stereocenters. The molecule has 0 bridgehead atoms. The summed E-state index contributed by atoms with van der Waals surface area (Å²) < 4.78 is 7.26. The Kier molecular flexibility index (Phi) is 5.08. The van der Waals surface area contributed by atoms with E-state index in [9.17, 15) is 0 Å². The maximum absolute atomic E-state index is 5.38. The molecule has 7 heteroatoms. The molecule has 0 spiro atoms. The van der Waals surface area contributed by atoms with E-state index in [-0.39, 0.29) is 0 Å². The van der Waals surface area contributed by atoms with Gasteiger partial charge in [0.25, 0.3) is 0 Å². The standard InChI is InChI=1S/C19H24N6O/c1-15-17-14-21-19(20-8-5-9-24-10-12-26-13-11-24)23-25(17)18(22-15)16-6-3-2-4-7-16/h2-4,6-7,14H,5,8-13H2,1H3,(H,20,23). The highest BCUT2D eigenvalue weighted by Gasteiger charge is 2.13. The smallest absolute Gasteiger partial charge is 0.241 e. The van der Waals surface area contributed by atoms with Crippen LogP contribution in [0.3, 0.4) is 0 Å².